The van der Waals surface area contributed by atoms with Crippen molar-refractivity contribution >= 4 is 17.3 Å². The molecule has 1 heterocycles. The molecule has 1 aromatic carbocycles. The van der Waals surface area contributed by atoms with E-state index in [0.29, 0.717) is 12.4 Å². The topological polar surface area (TPSA) is 55.0 Å². The third kappa shape index (κ3) is 2.71. The van der Waals surface area contributed by atoms with Crippen LogP contribution in [-0.2, 0) is 0 Å². The molecule has 0 amide bonds. The van der Waals surface area contributed by atoms with E-state index in [1.54, 1.807) is 12.1 Å². The maximum Gasteiger partial charge on any atom is 0.141 e. The molecule has 0 fully saturated rings. The zero-order valence-electron chi connectivity index (χ0n) is 12.0. The summed E-state index contributed by atoms with van der Waals surface area (Å²) in [7, 11) is 0. The molecule has 2 aromatic rings. The molecule has 2 N–H and O–H groups in total. The summed E-state index contributed by atoms with van der Waals surface area (Å²) < 4.78 is 13.1. The molecule has 0 unspecified atom stereocenters. The van der Waals surface area contributed by atoms with E-state index in [0.717, 1.165) is 17.1 Å². The minimum Gasteiger partial charge on any atom is -0.383 e. The van der Waals surface area contributed by atoms with Gasteiger partial charge in [-0.15, -0.1) is 0 Å². The minimum atomic E-state index is -0.254. The Balaban J connectivity index is 2.52. The van der Waals surface area contributed by atoms with Crippen molar-refractivity contribution in [3.05, 3.63) is 42.0 Å². The first-order valence-corrected chi connectivity index (χ1v) is 6.68. The van der Waals surface area contributed by atoms with Crippen LogP contribution in [0.15, 0.2) is 30.6 Å². The van der Waals surface area contributed by atoms with Crippen molar-refractivity contribution in [3.63, 3.8) is 0 Å². The van der Waals surface area contributed by atoms with Gasteiger partial charge in [0, 0.05) is 17.8 Å². The van der Waals surface area contributed by atoms with Gasteiger partial charge in [0.15, 0.2) is 0 Å². The van der Waals surface area contributed by atoms with Gasteiger partial charge in [-0.3, -0.25) is 0 Å². The summed E-state index contributed by atoms with van der Waals surface area (Å²) in [5.74, 6) is 1.23. The van der Waals surface area contributed by atoms with Crippen LogP contribution in [-0.4, -0.2) is 16.5 Å². The fourth-order valence-electron chi connectivity index (χ4n) is 2.24. The first-order valence-electron chi connectivity index (χ1n) is 6.68. The second-order valence-corrected chi connectivity index (χ2v) is 4.87. The molecule has 0 saturated heterocycles. The molecule has 20 heavy (non-hydrogen) atoms. The van der Waals surface area contributed by atoms with Crippen LogP contribution in [0.1, 0.15) is 32.3 Å². The molecule has 0 aliphatic carbocycles. The number of nitrogen functional groups attached to an aromatic ring is 1. The molecule has 106 valence electrons. The molecule has 1 aromatic heterocycles. The van der Waals surface area contributed by atoms with Crippen molar-refractivity contribution in [2.75, 3.05) is 17.2 Å². The Bertz CT molecular complexity index is 581. The average molecular weight is 274 g/mol. The Hall–Kier alpha value is -2.17. The van der Waals surface area contributed by atoms with Gasteiger partial charge < -0.3 is 10.6 Å². The molecule has 0 radical (unpaired) electrons. The van der Waals surface area contributed by atoms with Crippen LogP contribution < -0.4 is 10.6 Å². The van der Waals surface area contributed by atoms with Gasteiger partial charge in [-0.05, 0) is 37.1 Å². The van der Waals surface area contributed by atoms with Crippen LogP contribution in [0.4, 0.5) is 21.7 Å². The number of anilines is 3. The van der Waals surface area contributed by atoms with Gasteiger partial charge in [-0.25, -0.2) is 14.4 Å². The van der Waals surface area contributed by atoms with Gasteiger partial charge in [-0.1, -0.05) is 13.8 Å². The number of halogens is 1. The molecule has 0 spiro atoms. The van der Waals surface area contributed by atoms with Crippen LogP contribution in [0, 0.1) is 5.82 Å². The highest BCUT2D eigenvalue weighted by Gasteiger charge is 2.18. The third-order valence-electron chi connectivity index (χ3n) is 3.18. The fraction of sp³-hybridized carbons (Fsp3) is 0.333. The molecule has 4 nitrogen and oxygen atoms in total. The van der Waals surface area contributed by atoms with E-state index in [2.05, 4.69) is 23.8 Å². The van der Waals surface area contributed by atoms with E-state index in [1.807, 2.05) is 11.8 Å². The largest absolute Gasteiger partial charge is 0.383 e. The average Bonchev–Trinajstić information content (AvgIpc) is 2.41. The number of aromatic nitrogens is 2. The molecule has 0 bridgehead atoms. The van der Waals surface area contributed by atoms with Crippen LogP contribution in [0.3, 0.4) is 0 Å². The van der Waals surface area contributed by atoms with Crippen LogP contribution >= 0.6 is 0 Å². The molecule has 2 rings (SSSR count). The molecule has 5 heteroatoms. The van der Waals surface area contributed by atoms with E-state index in [1.165, 1.54) is 18.5 Å². The first-order chi connectivity index (χ1) is 9.54. The Kier molecular flexibility index (Phi) is 4.17. The lowest BCUT2D eigenvalue weighted by atomic mass is 10.0. The Labute approximate surface area is 118 Å². The number of benzene rings is 1. The van der Waals surface area contributed by atoms with E-state index in [4.69, 9.17) is 5.73 Å². The quantitative estimate of drug-likeness (QED) is 0.927. The number of rotatable bonds is 4. The van der Waals surface area contributed by atoms with E-state index >= 15 is 0 Å². The monoisotopic (exact) mass is 274 g/mol. The summed E-state index contributed by atoms with van der Waals surface area (Å²) in [5, 5.41) is 0. The van der Waals surface area contributed by atoms with Crippen molar-refractivity contribution in [1.29, 1.82) is 0 Å². The summed E-state index contributed by atoms with van der Waals surface area (Å²) in [5.41, 5.74) is 7.78. The van der Waals surface area contributed by atoms with Crippen molar-refractivity contribution in [2.45, 2.75) is 26.7 Å². The van der Waals surface area contributed by atoms with E-state index in [-0.39, 0.29) is 11.7 Å². The second kappa shape index (κ2) is 5.86. The normalized spacial score (nSPS) is 10.8. The highest BCUT2D eigenvalue weighted by atomic mass is 19.1. The third-order valence-corrected chi connectivity index (χ3v) is 3.18. The first kappa shape index (κ1) is 14.2. The lowest BCUT2D eigenvalue weighted by molar-refractivity contribution is 0.627. The second-order valence-electron chi connectivity index (χ2n) is 4.87. The maximum absolute atomic E-state index is 13.1. The maximum atomic E-state index is 13.1. The smallest absolute Gasteiger partial charge is 0.141 e. The molecule has 0 aliphatic heterocycles. The summed E-state index contributed by atoms with van der Waals surface area (Å²) in [6.07, 6.45) is 1.46. The van der Waals surface area contributed by atoms with Crippen molar-refractivity contribution < 1.29 is 4.39 Å². The van der Waals surface area contributed by atoms with Gasteiger partial charge in [0.05, 0.1) is 0 Å². The van der Waals surface area contributed by atoms with Gasteiger partial charge in [0.1, 0.15) is 23.8 Å². The van der Waals surface area contributed by atoms with Crippen LogP contribution in [0.2, 0.25) is 0 Å². The zero-order valence-corrected chi connectivity index (χ0v) is 12.0. The standard InChI is InChI=1S/C15H19FN4/c1-4-20(12-7-5-11(16)6-8-12)15-13(10(2)3)14(17)18-9-19-15/h5-10H,4H2,1-3H3,(H2,17,18,19). The predicted octanol–water partition coefficient (Wildman–Crippen LogP) is 3.48. The van der Waals surface area contributed by atoms with Crippen molar-refractivity contribution in [2.24, 2.45) is 0 Å². The number of nitrogens with two attached hydrogens (primary N) is 1. The highest BCUT2D eigenvalue weighted by Crippen LogP contribution is 2.33. The summed E-state index contributed by atoms with van der Waals surface area (Å²) in [4.78, 5) is 10.4. The van der Waals surface area contributed by atoms with Gasteiger partial charge in [0.25, 0.3) is 0 Å². The summed E-state index contributed by atoms with van der Waals surface area (Å²) in [6, 6.07) is 6.36. The number of hydrogen-bond donors (Lipinski definition) is 1. The molecule has 0 saturated carbocycles. The number of hydrogen-bond acceptors (Lipinski definition) is 4. The molecular weight excluding hydrogens is 255 g/mol. The summed E-state index contributed by atoms with van der Waals surface area (Å²) in [6.45, 7) is 6.83. The SMILES string of the molecule is CCN(c1ccc(F)cc1)c1ncnc(N)c1C(C)C. The Morgan fingerprint density at radius 1 is 1.20 bits per heavy atom. The Morgan fingerprint density at radius 3 is 2.40 bits per heavy atom. The van der Waals surface area contributed by atoms with E-state index in [9.17, 15) is 4.39 Å². The van der Waals surface area contributed by atoms with Crippen LogP contribution in [0.5, 0.6) is 0 Å². The molecule has 0 aliphatic rings. The predicted molar refractivity (Wildman–Crippen MR) is 79.6 cm³/mol. The van der Waals surface area contributed by atoms with Gasteiger partial charge >= 0.3 is 0 Å². The highest BCUT2D eigenvalue weighted by molar-refractivity contribution is 5.67. The molecular formula is C15H19FN4. The Morgan fingerprint density at radius 2 is 1.85 bits per heavy atom. The van der Waals surface area contributed by atoms with Gasteiger partial charge in [0.2, 0.25) is 0 Å². The zero-order chi connectivity index (χ0) is 14.7. The van der Waals surface area contributed by atoms with Gasteiger partial charge in [-0.2, -0.15) is 0 Å². The fourth-order valence-corrected chi connectivity index (χ4v) is 2.24. The molecule has 0 atom stereocenters. The van der Waals surface area contributed by atoms with Crippen molar-refractivity contribution in [3.8, 4) is 0 Å². The minimum absolute atomic E-state index is 0.209. The lowest BCUT2D eigenvalue weighted by Gasteiger charge is -2.26. The van der Waals surface area contributed by atoms with Crippen LogP contribution in [0.25, 0.3) is 0 Å². The van der Waals surface area contributed by atoms with Crippen molar-refractivity contribution in [1.82, 2.24) is 9.97 Å². The summed E-state index contributed by atoms with van der Waals surface area (Å²) >= 11 is 0. The lowest BCUT2D eigenvalue weighted by Crippen LogP contribution is -2.20. The number of nitrogens with zero attached hydrogens (tertiary/aromatic N) is 3. The van der Waals surface area contributed by atoms with E-state index < -0.39 is 0 Å².